The van der Waals surface area contributed by atoms with E-state index < -0.39 is 10.0 Å². The van der Waals surface area contributed by atoms with Crippen LogP contribution in [0.15, 0.2) is 51.9 Å². The van der Waals surface area contributed by atoms with Crippen LogP contribution in [0, 0.1) is 6.92 Å². The van der Waals surface area contributed by atoms with E-state index in [1.165, 1.54) is 27.2 Å². The number of amides is 1. The van der Waals surface area contributed by atoms with E-state index in [0.717, 1.165) is 0 Å². The van der Waals surface area contributed by atoms with E-state index in [4.69, 9.17) is 14.0 Å². The van der Waals surface area contributed by atoms with Crippen molar-refractivity contribution in [3.05, 3.63) is 59.5 Å². The Morgan fingerprint density at radius 1 is 1.06 bits per heavy atom. The van der Waals surface area contributed by atoms with Crippen molar-refractivity contribution in [1.82, 2.24) is 5.16 Å². The molecule has 2 aromatic carbocycles. The Balaban J connectivity index is 1.96. The molecule has 0 saturated carbocycles. The summed E-state index contributed by atoms with van der Waals surface area (Å²) in [6.45, 7) is 3.09. The van der Waals surface area contributed by atoms with Gasteiger partial charge in [0.05, 0.1) is 19.9 Å². The van der Waals surface area contributed by atoms with Gasteiger partial charge in [-0.1, -0.05) is 29.4 Å². The Bertz CT molecular complexity index is 1260. The number of carbonyl (C=O) groups is 1. The molecule has 3 aromatic rings. The lowest BCUT2D eigenvalue weighted by Gasteiger charge is -2.14. The highest BCUT2D eigenvalue weighted by Gasteiger charge is 2.21. The third-order valence-corrected chi connectivity index (χ3v) is 5.83. The summed E-state index contributed by atoms with van der Waals surface area (Å²) in [7, 11) is -1.15. The monoisotopic (exact) mass is 457 g/mol. The molecule has 0 aliphatic heterocycles. The predicted molar refractivity (Wildman–Crippen MR) is 121 cm³/mol. The largest absolute Gasteiger partial charge is 0.495 e. The van der Waals surface area contributed by atoms with E-state index >= 15 is 0 Å². The maximum absolute atomic E-state index is 13.1. The lowest BCUT2D eigenvalue weighted by molar-refractivity contribution is -0.114. The molecule has 2 N–H and O–H groups in total. The number of aromatic nitrogens is 1. The Labute approximate surface area is 186 Å². The molecular weight excluding hydrogens is 434 g/mol. The maximum atomic E-state index is 13.1. The first-order valence-corrected chi connectivity index (χ1v) is 11.0. The van der Waals surface area contributed by atoms with Crippen LogP contribution in [-0.4, -0.2) is 33.7 Å². The smallest absolute Gasteiger partial charge is 0.265 e. The first kappa shape index (κ1) is 22.9. The number of anilines is 2. The fourth-order valence-electron chi connectivity index (χ4n) is 2.94. The molecule has 168 valence electrons. The van der Waals surface area contributed by atoms with Crippen LogP contribution >= 0.6 is 0 Å². The molecule has 0 atom stereocenters. The van der Waals surface area contributed by atoms with Crippen molar-refractivity contribution in [2.45, 2.75) is 18.7 Å². The molecule has 0 bridgehead atoms. The molecule has 9 nitrogen and oxygen atoms in total. The van der Waals surface area contributed by atoms with Gasteiger partial charge >= 0.3 is 0 Å². The third kappa shape index (κ3) is 5.09. The number of nitrogens with one attached hydrogen (secondary N) is 2. The van der Waals surface area contributed by atoms with Gasteiger partial charge in [0.15, 0.2) is 5.76 Å². The number of hydrogen-bond donors (Lipinski definition) is 2. The molecule has 0 aliphatic carbocycles. The normalized spacial score (nSPS) is 11.4. The van der Waals surface area contributed by atoms with Crippen LogP contribution in [0.4, 0.5) is 11.4 Å². The van der Waals surface area contributed by atoms with E-state index in [-0.39, 0.29) is 16.6 Å². The van der Waals surface area contributed by atoms with Gasteiger partial charge in [-0.05, 0) is 42.8 Å². The number of benzene rings is 2. The van der Waals surface area contributed by atoms with E-state index in [1.54, 1.807) is 55.5 Å². The highest BCUT2D eigenvalue weighted by Crippen LogP contribution is 2.31. The van der Waals surface area contributed by atoms with Gasteiger partial charge in [-0.3, -0.25) is 9.52 Å². The zero-order chi connectivity index (χ0) is 23.3. The van der Waals surface area contributed by atoms with Crippen LogP contribution in [0.25, 0.3) is 12.2 Å². The molecule has 3 rings (SSSR count). The van der Waals surface area contributed by atoms with E-state index in [9.17, 15) is 13.2 Å². The number of carbonyl (C=O) groups excluding carboxylic acids is 1. The molecule has 1 aromatic heterocycles. The molecule has 0 saturated heterocycles. The first-order chi connectivity index (χ1) is 15.2. The van der Waals surface area contributed by atoms with Gasteiger partial charge in [0.25, 0.3) is 10.0 Å². The lowest BCUT2D eigenvalue weighted by atomic mass is 10.2. The number of rotatable bonds is 8. The minimum absolute atomic E-state index is 0.0520. The molecule has 0 unspecified atom stereocenters. The summed E-state index contributed by atoms with van der Waals surface area (Å²) >= 11 is 0. The van der Waals surface area contributed by atoms with Crippen molar-refractivity contribution in [3.63, 3.8) is 0 Å². The van der Waals surface area contributed by atoms with Gasteiger partial charge in [-0.2, -0.15) is 0 Å². The summed E-state index contributed by atoms with van der Waals surface area (Å²) in [5, 5.41) is 6.52. The summed E-state index contributed by atoms with van der Waals surface area (Å²) in [6.07, 6.45) is 3.24. The standard InChI is InChI=1S/C22H23N3O6S/c1-14-22(23-15(2)26)20(31-24-14)12-10-16-9-11-19(30-4)21(13-16)32(27,28)25-17-7-5-6-8-18(17)29-3/h5-13,25H,1-4H3,(H,23,26). The second-order valence-electron chi connectivity index (χ2n) is 6.74. The number of methoxy groups -OCH3 is 2. The average Bonchev–Trinajstić information content (AvgIpc) is 3.11. The summed E-state index contributed by atoms with van der Waals surface area (Å²) in [5.41, 5.74) is 1.84. The second kappa shape index (κ2) is 9.56. The van der Waals surface area contributed by atoms with Gasteiger partial charge in [-0.25, -0.2) is 8.42 Å². The van der Waals surface area contributed by atoms with Crippen molar-refractivity contribution in [3.8, 4) is 11.5 Å². The van der Waals surface area contributed by atoms with Gasteiger partial charge in [0.1, 0.15) is 27.8 Å². The number of sulfonamides is 1. The van der Waals surface area contributed by atoms with Crippen LogP contribution in [0.5, 0.6) is 11.5 Å². The third-order valence-electron chi connectivity index (χ3n) is 4.45. The molecule has 0 spiro atoms. The second-order valence-corrected chi connectivity index (χ2v) is 8.39. The van der Waals surface area contributed by atoms with Gasteiger partial charge < -0.3 is 19.3 Å². The minimum Gasteiger partial charge on any atom is -0.495 e. The van der Waals surface area contributed by atoms with Crippen LogP contribution < -0.4 is 19.5 Å². The van der Waals surface area contributed by atoms with Crippen molar-refractivity contribution in [1.29, 1.82) is 0 Å². The van der Waals surface area contributed by atoms with E-state index in [0.29, 0.717) is 34.1 Å². The fraction of sp³-hybridized carbons (Fsp3) is 0.182. The summed E-state index contributed by atoms with van der Waals surface area (Å²) in [5.74, 6) is 0.646. The van der Waals surface area contributed by atoms with E-state index in [1.807, 2.05) is 0 Å². The van der Waals surface area contributed by atoms with Crippen molar-refractivity contribution in [2.75, 3.05) is 24.3 Å². The molecule has 10 heteroatoms. The molecular formula is C22H23N3O6S. The number of para-hydroxylation sites is 2. The zero-order valence-corrected chi connectivity index (χ0v) is 18.8. The Kier molecular flexibility index (Phi) is 6.84. The minimum atomic E-state index is -4.00. The zero-order valence-electron chi connectivity index (χ0n) is 18.0. The quantitative estimate of drug-likeness (QED) is 0.526. The van der Waals surface area contributed by atoms with Gasteiger partial charge in [-0.15, -0.1) is 0 Å². The molecule has 0 fully saturated rings. The topological polar surface area (TPSA) is 120 Å². The highest BCUT2D eigenvalue weighted by atomic mass is 32.2. The van der Waals surface area contributed by atoms with Crippen LogP contribution in [0.3, 0.4) is 0 Å². The Morgan fingerprint density at radius 2 is 1.78 bits per heavy atom. The van der Waals surface area contributed by atoms with Gasteiger partial charge in [0.2, 0.25) is 5.91 Å². The lowest BCUT2D eigenvalue weighted by Crippen LogP contribution is -2.15. The van der Waals surface area contributed by atoms with Gasteiger partial charge in [0, 0.05) is 6.92 Å². The number of ether oxygens (including phenoxy) is 2. The van der Waals surface area contributed by atoms with Crippen LogP contribution in [0.1, 0.15) is 23.9 Å². The van der Waals surface area contributed by atoms with Crippen molar-refractivity contribution >= 4 is 39.5 Å². The Hall–Kier alpha value is -3.79. The Morgan fingerprint density at radius 3 is 2.47 bits per heavy atom. The SMILES string of the molecule is COc1ccccc1NS(=O)(=O)c1cc(C=Cc2onc(C)c2NC(C)=O)ccc1OC. The summed E-state index contributed by atoms with van der Waals surface area (Å²) in [6, 6.07) is 11.4. The molecule has 0 aliphatic rings. The van der Waals surface area contributed by atoms with Crippen molar-refractivity contribution in [2.24, 2.45) is 0 Å². The maximum Gasteiger partial charge on any atom is 0.265 e. The predicted octanol–water partition coefficient (Wildman–Crippen LogP) is 3.93. The summed E-state index contributed by atoms with van der Waals surface area (Å²) < 4.78 is 44.5. The molecule has 1 amide bonds. The fourth-order valence-corrected chi connectivity index (χ4v) is 4.21. The molecule has 1 heterocycles. The summed E-state index contributed by atoms with van der Waals surface area (Å²) in [4.78, 5) is 11.4. The number of hydrogen-bond acceptors (Lipinski definition) is 7. The van der Waals surface area contributed by atoms with Crippen molar-refractivity contribution < 1.29 is 27.2 Å². The highest BCUT2D eigenvalue weighted by molar-refractivity contribution is 7.92. The van der Waals surface area contributed by atoms with Crippen LogP contribution in [-0.2, 0) is 14.8 Å². The van der Waals surface area contributed by atoms with E-state index in [2.05, 4.69) is 15.2 Å². The molecule has 32 heavy (non-hydrogen) atoms. The first-order valence-electron chi connectivity index (χ1n) is 9.51. The van der Waals surface area contributed by atoms with Crippen LogP contribution in [0.2, 0.25) is 0 Å². The number of aryl methyl sites for hydroxylation is 1. The number of nitrogens with zero attached hydrogens (tertiary/aromatic N) is 1. The average molecular weight is 458 g/mol. The molecule has 0 radical (unpaired) electrons.